The van der Waals surface area contributed by atoms with Gasteiger partial charge in [-0.15, -0.1) is 0 Å². The molecule has 0 saturated carbocycles. The minimum absolute atomic E-state index is 0.0521. The van der Waals surface area contributed by atoms with Crippen LogP contribution in [-0.2, 0) is 4.79 Å². The van der Waals surface area contributed by atoms with E-state index < -0.39 is 5.82 Å². The van der Waals surface area contributed by atoms with Crippen molar-refractivity contribution in [2.45, 2.75) is 0 Å². The van der Waals surface area contributed by atoms with E-state index in [1.807, 2.05) is 0 Å². The Morgan fingerprint density at radius 2 is 1.88 bits per heavy atom. The molecular formula is C18H18FN3O4. The second-order valence-corrected chi connectivity index (χ2v) is 5.86. The molecule has 2 N–H and O–H groups in total. The molecule has 3 rings (SSSR count). The molecule has 0 unspecified atom stereocenters. The Kier molecular flexibility index (Phi) is 4.92. The molecule has 0 spiro atoms. The molecule has 1 aliphatic heterocycles. The highest BCUT2D eigenvalue weighted by Crippen LogP contribution is 2.32. The number of nitrogens with zero attached hydrogens (tertiary/aromatic N) is 1. The van der Waals surface area contributed by atoms with Gasteiger partial charge in [0.2, 0.25) is 12.7 Å². The Hall–Kier alpha value is -3.29. The Morgan fingerprint density at radius 1 is 1.12 bits per heavy atom. The number of ether oxygens (including phenoxy) is 2. The van der Waals surface area contributed by atoms with Crippen molar-refractivity contribution in [1.29, 1.82) is 0 Å². The molecule has 1 aliphatic rings. The van der Waals surface area contributed by atoms with Gasteiger partial charge in [0, 0.05) is 25.3 Å². The number of benzene rings is 2. The van der Waals surface area contributed by atoms with E-state index in [9.17, 15) is 14.0 Å². The van der Waals surface area contributed by atoms with Crippen LogP contribution in [0, 0.1) is 5.82 Å². The minimum atomic E-state index is -0.516. The lowest BCUT2D eigenvalue weighted by molar-refractivity contribution is -0.126. The Balaban J connectivity index is 1.70. The number of halogens is 1. The summed E-state index contributed by atoms with van der Waals surface area (Å²) in [5.41, 5.74) is 0.911. The average molecular weight is 359 g/mol. The van der Waals surface area contributed by atoms with Gasteiger partial charge in [0.1, 0.15) is 5.82 Å². The van der Waals surface area contributed by atoms with Gasteiger partial charge in [0.05, 0.1) is 12.2 Å². The number of carbonyl (C=O) groups is 2. The Labute approximate surface area is 149 Å². The zero-order valence-electron chi connectivity index (χ0n) is 14.3. The Bertz CT molecular complexity index is 854. The van der Waals surface area contributed by atoms with Crippen LogP contribution < -0.4 is 20.1 Å². The van der Waals surface area contributed by atoms with E-state index in [4.69, 9.17) is 9.47 Å². The summed E-state index contributed by atoms with van der Waals surface area (Å²) in [5, 5.41) is 5.42. The molecule has 0 fully saturated rings. The topological polar surface area (TPSA) is 79.9 Å². The number of hydrogen-bond donors (Lipinski definition) is 2. The third kappa shape index (κ3) is 3.85. The quantitative estimate of drug-likeness (QED) is 0.856. The van der Waals surface area contributed by atoms with E-state index in [-0.39, 0.29) is 30.8 Å². The number of amides is 2. The molecule has 136 valence electrons. The van der Waals surface area contributed by atoms with E-state index >= 15 is 0 Å². The second kappa shape index (κ2) is 7.30. The maximum absolute atomic E-state index is 13.9. The molecule has 0 aromatic heterocycles. The van der Waals surface area contributed by atoms with E-state index in [0.29, 0.717) is 22.7 Å². The minimum Gasteiger partial charge on any atom is -0.454 e. The van der Waals surface area contributed by atoms with Crippen molar-refractivity contribution in [1.82, 2.24) is 4.90 Å². The third-order valence-corrected chi connectivity index (χ3v) is 3.79. The zero-order chi connectivity index (χ0) is 18.7. The van der Waals surface area contributed by atoms with Crippen molar-refractivity contribution in [2.75, 3.05) is 38.1 Å². The lowest BCUT2D eigenvalue weighted by atomic mass is 10.2. The van der Waals surface area contributed by atoms with Gasteiger partial charge in [-0.3, -0.25) is 9.59 Å². The summed E-state index contributed by atoms with van der Waals surface area (Å²) < 4.78 is 24.4. The van der Waals surface area contributed by atoms with Crippen LogP contribution in [-0.4, -0.2) is 44.1 Å². The van der Waals surface area contributed by atoms with Crippen LogP contribution in [0.3, 0.4) is 0 Å². The highest BCUT2D eigenvalue weighted by atomic mass is 19.1. The average Bonchev–Trinajstić information content (AvgIpc) is 3.09. The lowest BCUT2D eigenvalue weighted by Gasteiger charge is -2.13. The lowest BCUT2D eigenvalue weighted by Crippen LogP contribution is -2.28. The van der Waals surface area contributed by atoms with E-state index in [2.05, 4.69) is 10.6 Å². The summed E-state index contributed by atoms with van der Waals surface area (Å²) in [4.78, 5) is 25.4. The summed E-state index contributed by atoms with van der Waals surface area (Å²) >= 11 is 0. The molecule has 26 heavy (non-hydrogen) atoms. The van der Waals surface area contributed by atoms with Gasteiger partial charge in [-0.25, -0.2) is 4.39 Å². The molecule has 0 radical (unpaired) electrons. The summed E-state index contributed by atoms with van der Waals surface area (Å²) in [6.45, 7) is 0.0720. The number of anilines is 2. The number of hydrogen-bond acceptors (Lipinski definition) is 5. The van der Waals surface area contributed by atoms with Crippen LogP contribution in [0.4, 0.5) is 15.8 Å². The van der Waals surface area contributed by atoms with Crippen molar-refractivity contribution in [3.05, 3.63) is 47.8 Å². The molecule has 0 saturated heterocycles. The Morgan fingerprint density at radius 3 is 2.65 bits per heavy atom. The van der Waals surface area contributed by atoms with Crippen LogP contribution in [0.2, 0.25) is 0 Å². The van der Waals surface area contributed by atoms with Gasteiger partial charge in [-0.05, 0) is 36.4 Å². The molecule has 8 heteroatoms. The first-order valence-electron chi connectivity index (χ1n) is 7.88. The number of carbonyl (C=O) groups excluding carboxylic acids is 2. The summed E-state index contributed by atoms with van der Waals surface area (Å²) in [7, 11) is 3.23. The number of likely N-dealkylation sites (N-methyl/N-ethyl adjacent to an activating group) is 1. The van der Waals surface area contributed by atoms with Crippen LogP contribution in [0.1, 0.15) is 10.4 Å². The van der Waals surface area contributed by atoms with Crippen molar-refractivity contribution in [3.63, 3.8) is 0 Å². The third-order valence-electron chi connectivity index (χ3n) is 3.79. The van der Waals surface area contributed by atoms with E-state index in [1.165, 1.54) is 23.1 Å². The second-order valence-electron chi connectivity index (χ2n) is 5.86. The highest BCUT2D eigenvalue weighted by molar-refractivity contribution is 6.05. The molecule has 2 amide bonds. The summed E-state index contributed by atoms with van der Waals surface area (Å²) in [6, 6.07) is 8.94. The van der Waals surface area contributed by atoms with Crippen molar-refractivity contribution in [3.8, 4) is 11.5 Å². The zero-order valence-corrected chi connectivity index (χ0v) is 14.3. The fourth-order valence-electron chi connectivity index (χ4n) is 2.31. The fourth-order valence-corrected chi connectivity index (χ4v) is 2.31. The van der Waals surface area contributed by atoms with Crippen LogP contribution in [0.5, 0.6) is 11.5 Å². The van der Waals surface area contributed by atoms with Gasteiger partial charge >= 0.3 is 0 Å². The van der Waals surface area contributed by atoms with Gasteiger partial charge in [0.25, 0.3) is 5.91 Å². The molecule has 1 heterocycles. The first kappa shape index (κ1) is 17.5. The first-order chi connectivity index (χ1) is 12.4. The molecule has 2 aromatic carbocycles. The van der Waals surface area contributed by atoms with Crippen molar-refractivity contribution in [2.24, 2.45) is 0 Å². The smallest absolute Gasteiger partial charge is 0.255 e. The van der Waals surface area contributed by atoms with Gasteiger partial charge in [0.15, 0.2) is 11.5 Å². The first-order valence-corrected chi connectivity index (χ1v) is 7.88. The van der Waals surface area contributed by atoms with Gasteiger partial charge in [-0.2, -0.15) is 0 Å². The molecule has 7 nitrogen and oxygen atoms in total. The number of rotatable bonds is 5. The van der Waals surface area contributed by atoms with Crippen LogP contribution >= 0.6 is 0 Å². The molecule has 0 aliphatic carbocycles. The van der Waals surface area contributed by atoms with Crippen molar-refractivity contribution >= 4 is 23.2 Å². The van der Waals surface area contributed by atoms with Crippen molar-refractivity contribution < 1.29 is 23.5 Å². The largest absolute Gasteiger partial charge is 0.454 e. The normalized spacial score (nSPS) is 11.8. The summed E-state index contributed by atoms with van der Waals surface area (Å²) in [5.74, 6) is 0.00347. The molecule has 2 aromatic rings. The van der Waals surface area contributed by atoms with Crippen LogP contribution in [0.15, 0.2) is 36.4 Å². The number of nitrogens with one attached hydrogen (secondary N) is 2. The van der Waals surface area contributed by atoms with E-state index in [0.717, 1.165) is 0 Å². The van der Waals surface area contributed by atoms with Gasteiger partial charge in [-0.1, -0.05) is 0 Å². The highest BCUT2D eigenvalue weighted by Gasteiger charge is 2.16. The fraction of sp³-hybridized carbons (Fsp3) is 0.222. The maximum Gasteiger partial charge on any atom is 0.255 e. The predicted octanol–water partition coefficient (Wildman–Crippen LogP) is 2.31. The van der Waals surface area contributed by atoms with Gasteiger partial charge < -0.3 is 25.0 Å². The monoisotopic (exact) mass is 359 g/mol. The van der Waals surface area contributed by atoms with E-state index in [1.54, 1.807) is 32.3 Å². The summed E-state index contributed by atoms with van der Waals surface area (Å²) in [6.07, 6.45) is 0. The molecule has 0 bridgehead atoms. The maximum atomic E-state index is 13.9. The SMILES string of the molecule is CN(C)C(=O)CNc1cc(NC(=O)c2ccc3c(c2)OCO3)ccc1F. The van der Waals surface area contributed by atoms with Crippen LogP contribution in [0.25, 0.3) is 0 Å². The standard InChI is InChI=1S/C18H18FN3O4/c1-22(2)17(23)9-20-14-8-12(4-5-13(14)19)21-18(24)11-3-6-15-16(7-11)26-10-25-15/h3-8,20H,9-10H2,1-2H3,(H,21,24). The number of fused-ring (bicyclic) bond motifs is 1. The molecular weight excluding hydrogens is 341 g/mol. The predicted molar refractivity (Wildman–Crippen MR) is 94.1 cm³/mol. The molecule has 0 atom stereocenters.